The Morgan fingerprint density at radius 2 is 1.65 bits per heavy atom. The maximum absolute atomic E-state index is 13.7. The third kappa shape index (κ3) is 3.93. The van der Waals surface area contributed by atoms with E-state index in [9.17, 15) is 39.6 Å². The van der Waals surface area contributed by atoms with Crippen LogP contribution in [0, 0.1) is 17.5 Å². The number of aromatic nitrogens is 4. The molecule has 0 spiro atoms. The quantitative estimate of drug-likeness (QED) is 0.313. The van der Waals surface area contributed by atoms with Gasteiger partial charge in [-0.25, -0.2) is 35.8 Å². The highest BCUT2D eigenvalue weighted by atomic mass is 32.2. The fourth-order valence-electron chi connectivity index (χ4n) is 3.15. The molecule has 0 N–H and O–H groups in total. The number of hydrogen-bond donors (Lipinski definition) is 0. The topological polar surface area (TPSA) is 86.3 Å². The highest BCUT2D eigenvalue weighted by Crippen LogP contribution is 2.30. The molecule has 0 amide bonds. The molecule has 0 fully saturated rings. The molecule has 3 aromatic heterocycles. The van der Waals surface area contributed by atoms with Gasteiger partial charge in [-0.2, -0.15) is 17.9 Å². The lowest BCUT2D eigenvalue weighted by molar-refractivity contribution is -0.137. The fourth-order valence-corrected chi connectivity index (χ4v) is 4.18. The third-order valence-electron chi connectivity index (χ3n) is 4.92. The third-order valence-corrected chi connectivity index (χ3v) is 6.65. The SMILES string of the molecule is CCS(=O)(=O)c1cc(-c2cc(F)c(F)c(F)c2)cnc1-n1nc2cc(C(F)(F)F)ccn2c1=O. The number of halogens is 6. The number of alkyl halides is 3. The fraction of sp³-hybridized carbons (Fsp3) is 0.150. The molecule has 4 aromatic rings. The van der Waals surface area contributed by atoms with Crippen molar-refractivity contribution in [3.05, 3.63) is 76.2 Å². The van der Waals surface area contributed by atoms with Gasteiger partial charge < -0.3 is 0 Å². The number of hydrogen-bond acceptors (Lipinski definition) is 5. The van der Waals surface area contributed by atoms with E-state index in [0.29, 0.717) is 28.9 Å². The van der Waals surface area contributed by atoms with Crippen LogP contribution in [0.2, 0.25) is 0 Å². The van der Waals surface area contributed by atoms with Crippen molar-refractivity contribution >= 4 is 15.5 Å². The molecule has 4 rings (SSSR count). The second kappa shape index (κ2) is 7.97. The Labute approximate surface area is 186 Å². The number of nitrogens with zero attached hydrogens (tertiary/aromatic N) is 4. The summed E-state index contributed by atoms with van der Waals surface area (Å²) in [7, 11) is -4.13. The summed E-state index contributed by atoms with van der Waals surface area (Å²) in [5.41, 5.74) is -2.87. The van der Waals surface area contributed by atoms with Crippen molar-refractivity contribution in [3.8, 4) is 16.9 Å². The predicted octanol–water partition coefficient (Wildman–Crippen LogP) is 3.78. The minimum absolute atomic E-state index is 0.121. The normalized spacial score (nSPS) is 12.4. The number of benzene rings is 1. The Morgan fingerprint density at radius 3 is 2.24 bits per heavy atom. The highest BCUT2D eigenvalue weighted by Gasteiger charge is 2.31. The van der Waals surface area contributed by atoms with Crippen LogP contribution in [0.3, 0.4) is 0 Å². The average Bonchev–Trinajstić information content (AvgIpc) is 3.12. The largest absolute Gasteiger partial charge is 0.416 e. The molecule has 0 aliphatic carbocycles. The smallest absolute Gasteiger partial charge is 0.250 e. The van der Waals surface area contributed by atoms with Gasteiger partial charge in [0.1, 0.15) is 4.90 Å². The maximum atomic E-state index is 13.7. The van der Waals surface area contributed by atoms with E-state index in [-0.39, 0.29) is 11.1 Å². The van der Waals surface area contributed by atoms with Gasteiger partial charge in [0, 0.05) is 18.0 Å². The first-order valence-corrected chi connectivity index (χ1v) is 11.1. The summed E-state index contributed by atoms with van der Waals surface area (Å²) >= 11 is 0. The molecular formula is C20H12F6N4O3S. The summed E-state index contributed by atoms with van der Waals surface area (Å²) in [5.74, 6) is -5.76. The van der Waals surface area contributed by atoms with Crippen LogP contribution >= 0.6 is 0 Å². The van der Waals surface area contributed by atoms with Gasteiger partial charge in [0.05, 0.1) is 11.3 Å². The Morgan fingerprint density at radius 1 is 1.00 bits per heavy atom. The van der Waals surface area contributed by atoms with Crippen molar-refractivity contribution in [1.29, 1.82) is 0 Å². The van der Waals surface area contributed by atoms with Crippen LogP contribution in [-0.4, -0.2) is 33.3 Å². The molecule has 14 heteroatoms. The van der Waals surface area contributed by atoms with Crippen molar-refractivity contribution < 1.29 is 34.8 Å². The molecule has 7 nitrogen and oxygen atoms in total. The lowest BCUT2D eigenvalue weighted by atomic mass is 10.1. The van der Waals surface area contributed by atoms with Gasteiger partial charge >= 0.3 is 11.9 Å². The number of sulfone groups is 1. The zero-order chi connectivity index (χ0) is 25.0. The Hall–Kier alpha value is -3.68. The molecule has 178 valence electrons. The zero-order valence-corrected chi connectivity index (χ0v) is 17.8. The van der Waals surface area contributed by atoms with E-state index in [1.54, 1.807) is 0 Å². The van der Waals surface area contributed by atoms with Crippen LogP contribution in [-0.2, 0) is 16.0 Å². The lowest BCUT2D eigenvalue weighted by Crippen LogP contribution is -2.23. The molecule has 0 aliphatic rings. The standard InChI is InChI=1S/C20H12F6N4O3S/c1-2-34(32,33)15-7-11(10-5-13(21)17(23)14(22)6-10)9-27-18(15)30-19(31)29-4-3-12(20(24,25)26)8-16(29)28-30/h3-9H,2H2,1H3. The van der Waals surface area contributed by atoms with Crippen molar-refractivity contribution in [2.45, 2.75) is 18.0 Å². The second-order valence-electron chi connectivity index (χ2n) is 7.04. The molecule has 34 heavy (non-hydrogen) atoms. The van der Waals surface area contributed by atoms with E-state index in [0.717, 1.165) is 22.9 Å². The van der Waals surface area contributed by atoms with Gasteiger partial charge in [-0.05, 0) is 35.9 Å². The Balaban J connectivity index is 1.96. The van der Waals surface area contributed by atoms with E-state index in [4.69, 9.17) is 0 Å². The second-order valence-corrected chi connectivity index (χ2v) is 9.29. The van der Waals surface area contributed by atoms with Gasteiger partial charge in [0.15, 0.2) is 38.8 Å². The molecule has 0 atom stereocenters. The van der Waals surface area contributed by atoms with Gasteiger partial charge in [0.25, 0.3) is 0 Å². The molecule has 0 radical (unpaired) electrons. The van der Waals surface area contributed by atoms with Crippen LogP contribution in [0.25, 0.3) is 22.6 Å². The number of rotatable bonds is 4. The van der Waals surface area contributed by atoms with Crippen molar-refractivity contribution in [2.75, 3.05) is 5.75 Å². The zero-order valence-electron chi connectivity index (χ0n) is 16.9. The molecule has 3 heterocycles. The first-order chi connectivity index (χ1) is 15.8. The van der Waals surface area contributed by atoms with E-state index in [1.165, 1.54) is 6.92 Å². The highest BCUT2D eigenvalue weighted by molar-refractivity contribution is 7.91. The van der Waals surface area contributed by atoms with Crippen LogP contribution in [0.1, 0.15) is 12.5 Å². The van der Waals surface area contributed by atoms with Crippen LogP contribution in [0.5, 0.6) is 0 Å². The predicted molar refractivity (Wildman–Crippen MR) is 107 cm³/mol. The summed E-state index contributed by atoms with van der Waals surface area (Å²) in [6, 6.07) is 3.48. The summed E-state index contributed by atoms with van der Waals surface area (Å²) in [4.78, 5) is 16.1. The Kier molecular flexibility index (Phi) is 5.50. The van der Waals surface area contributed by atoms with Crippen molar-refractivity contribution in [1.82, 2.24) is 19.2 Å². The van der Waals surface area contributed by atoms with E-state index >= 15 is 0 Å². The molecule has 0 saturated carbocycles. The van der Waals surface area contributed by atoms with E-state index in [2.05, 4.69) is 10.1 Å². The first-order valence-electron chi connectivity index (χ1n) is 9.40. The molecule has 1 aromatic carbocycles. The first kappa shape index (κ1) is 23.5. The molecule has 0 saturated heterocycles. The van der Waals surface area contributed by atoms with Crippen LogP contribution in [0.15, 0.2) is 52.4 Å². The van der Waals surface area contributed by atoms with E-state index in [1.807, 2.05) is 0 Å². The summed E-state index contributed by atoms with van der Waals surface area (Å²) in [6.45, 7) is 1.28. The minimum atomic E-state index is -4.71. The van der Waals surface area contributed by atoms with Crippen molar-refractivity contribution in [2.24, 2.45) is 0 Å². The monoisotopic (exact) mass is 502 g/mol. The summed E-state index contributed by atoms with van der Waals surface area (Å²) in [6.07, 6.45) is -2.91. The number of pyridine rings is 2. The van der Waals surface area contributed by atoms with E-state index < -0.39 is 66.8 Å². The lowest BCUT2D eigenvalue weighted by Gasteiger charge is -2.10. The molecular weight excluding hydrogens is 490 g/mol. The Bertz CT molecular complexity index is 1590. The summed E-state index contributed by atoms with van der Waals surface area (Å²) in [5, 5.41) is 3.78. The molecule has 0 aliphatic heterocycles. The van der Waals surface area contributed by atoms with Gasteiger partial charge in [-0.1, -0.05) is 6.92 Å². The summed E-state index contributed by atoms with van der Waals surface area (Å²) < 4.78 is 106. The molecule has 0 unspecified atom stereocenters. The van der Waals surface area contributed by atoms with Crippen LogP contribution in [0.4, 0.5) is 26.3 Å². The van der Waals surface area contributed by atoms with Gasteiger partial charge in [-0.3, -0.25) is 0 Å². The van der Waals surface area contributed by atoms with Crippen molar-refractivity contribution in [3.63, 3.8) is 0 Å². The maximum Gasteiger partial charge on any atom is 0.416 e. The van der Waals surface area contributed by atoms with Gasteiger partial charge in [-0.15, -0.1) is 5.10 Å². The number of fused-ring (bicyclic) bond motifs is 1. The minimum Gasteiger partial charge on any atom is -0.250 e. The average molecular weight is 502 g/mol. The van der Waals surface area contributed by atoms with Crippen LogP contribution < -0.4 is 5.69 Å². The molecule has 0 bridgehead atoms. The van der Waals surface area contributed by atoms with Gasteiger partial charge in [0.2, 0.25) is 0 Å².